The van der Waals surface area contributed by atoms with Crippen LogP contribution in [0.4, 0.5) is 0 Å². The first-order valence-corrected chi connectivity index (χ1v) is 10.6. The highest BCUT2D eigenvalue weighted by Crippen LogP contribution is 2.31. The lowest BCUT2D eigenvalue weighted by atomic mass is 9.96. The number of fused-ring (bicyclic) bond motifs is 1. The molecule has 0 bridgehead atoms. The second kappa shape index (κ2) is 7.94. The Kier molecular flexibility index (Phi) is 5.81. The van der Waals surface area contributed by atoms with E-state index in [0.29, 0.717) is 16.3 Å². The van der Waals surface area contributed by atoms with Crippen molar-refractivity contribution in [1.82, 2.24) is 5.32 Å². The predicted octanol–water partition coefficient (Wildman–Crippen LogP) is 4.00. The van der Waals surface area contributed by atoms with E-state index in [-0.39, 0.29) is 18.3 Å². The molecule has 1 aliphatic carbocycles. The fourth-order valence-electron chi connectivity index (χ4n) is 2.76. The zero-order valence-corrected chi connectivity index (χ0v) is 17.4. The van der Waals surface area contributed by atoms with Gasteiger partial charge in [0.1, 0.15) is 4.88 Å². The Morgan fingerprint density at radius 3 is 2.59 bits per heavy atom. The van der Waals surface area contributed by atoms with E-state index in [9.17, 15) is 14.4 Å². The molecule has 1 amide bonds. The van der Waals surface area contributed by atoms with Gasteiger partial charge >= 0.3 is 5.97 Å². The predicted molar refractivity (Wildman–Crippen MR) is 107 cm³/mol. The van der Waals surface area contributed by atoms with Crippen LogP contribution in [0.1, 0.15) is 61.9 Å². The fourth-order valence-corrected chi connectivity index (χ4v) is 4.78. The van der Waals surface area contributed by atoms with E-state index >= 15 is 0 Å². The van der Waals surface area contributed by atoms with E-state index in [4.69, 9.17) is 4.74 Å². The Morgan fingerprint density at radius 1 is 1.11 bits per heavy atom. The maximum Gasteiger partial charge on any atom is 0.348 e. The van der Waals surface area contributed by atoms with Crippen molar-refractivity contribution in [3.63, 3.8) is 0 Å². The monoisotopic (exact) mass is 405 g/mol. The number of thiophene rings is 2. The van der Waals surface area contributed by atoms with Gasteiger partial charge in [-0.2, -0.15) is 0 Å². The summed E-state index contributed by atoms with van der Waals surface area (Å²) in [7, 11) is 0. The molecule has 144 valence electrons. The molecule has 2 aromatic heterocycles. The summed E-state index contributed by atoms with van der Waals surface area (Å²) in [4.78, 5) is 39.6. The van der Waals surface area contributed by atoms with Crippen LogP contribution < -0.4 is 5.32 Å². The number of hydrogen-bond acceptors (Lipinski definition) is 6. The lowest BCUT2D eigenvalue weighted by Gasteiger charge is -2.17. The van der Waals surface area contributed by atoms with Crippen molar-refractivity contribution in [1.29, 1.82) is 0 Å². The van der Waals surface area contributed by atoms with Crippen molar-refractivity contribution in [2.24, 2.45) is 5.41 Å². The minimum atomic E-state index is -0.452. The zero-order valence-electron chi connectivity index (χ0n) is 15.7. The second-order valence-electron chi connectivity index (χ2n) is 7.61. The molecule has 0 saturated carbocycles. The van der Waals surface area contributed by atoms with Crippen LogP contribution in [0.2, 0.25) is 0 Å². The summed E-state index contributed by atoms with van der Waals surface area (Å²) in [6.07, 6.45) is 3.18. The molecule has 1 aliphatic rings. The van der Waals surface area contributed by atoms with Gasteiger partial charge < -0.3 is 10.1 Å². The summed E-state index contributed by atoms with van der Waals surface area (Å²) in [6.45, 7) is 5.66. The summed E-state index contributed by atoms with van der Waals surface area (Å²) < 4.78 is 5.19. The summed E-state index contributed by atoms with van der Waals surface area (Å²) in [5.74, 6) is -0.705. The number of amides is 1. The molecule has 27 heavy (non-hydrogen) atoms. The van der Waals surface area contributed by atoms with Crippen LogP contribution in [0.3, 0.4) is 0 Å². The topological polar surface area (TPSA) is 72.5 Å². The molecule has 0 radical (unpaired) electrons. The molecular weight excluding hydrogens is 382 g/mol. The van der Waals surface area contributed by atoms with Crippen molar-refractivity contribution in [2.75, 3.05) is 6.61 Å². The standard InChI is InChI=1S/C20H23NO4S2/c1-20(2,3)19(24)21-10-13-7-8-16(26-13)14(22)11-25-18(23)17-9-12-5-4-6-15(12)27-17/h7-9H,4-6,10-11H2,1-3H3,(H,21,24). The van der Waals surface area contributed by atoms with Crippen molar-refractivity contribution in [3.8, 4) is 0 Å². The molecule has 0 aromatic carbocycles. The molecule has 0 unspecified atom stereocenters. The van der Waals surface area contributed by atoms with Crippen molar-refractivity contribution in [2.45, 2.75) is 46.6 Å². The lowest BCUT2D eigenvalue weighted by molar-refractivity contribution is -0.128. The van der Waals surface area contributed by atoms with E-state index in [1.807, 2.05) is 32.9 Å². The molecular formula is C20H23NO4S2. The molecule has 1 N–H and O–H groups in total. The molecule has 7 heteroatoms. The van der Waals surface area contributed by atoms with E-state index in [1.165, 1.54) is 33.1 Å². The van der Waals surface area contributed by atoms with E-state index in [1.54, 1.807) is 6.07 Å². The van der Waals surface area contributed by atoms with Gasteiger partial charge in [0.15, 0.2) is 6.61 Å². The fraction of sp³-hybridized carbons (Fsp3) is 0.450. The number of Topliss-reactive ketones (excluding diaryl/α,β-unsaturated/α-hetero) is 1. The zero-order chi connectivity index (χ0) is 19.6. The van der Waals surface area contributed by atoms with Gasteiger partial charge in [0, 0.05) is 15.2 Å². The Hall–Kier alpha value is -1.99. The Morgan fingerprint density at radius 2 is 1.89 bits per heavy atom. The van der Waals surface area contributed by atoms with Crippen molar-refractivity contribution >= 4 is 40.3 Å². The highest BCUT2D eigenvalue weighted by Gasteiger charge is 2.22. The van der Waals surface area contributed by atoms with E-state index in [2.05, 4.69) is 5.32 Å². The van der Waals surface area contributed by atoms with Gasteiger partial charge in [-0.3, -0.25) is 9.59 Å². The smallest absolute Gasteiger partial charge is 0.348 e. The Balaban J connectivity index is 1.50. The van der Waals surface area contributed by atoms with Gasteiger partial charge in [0.2, 0.25) is 11.7 Å². The molecule has 3 rings (SSSR count). The van der Waals surface area contributed by atoms with Crippen LogP contribution in [0, 0.1) is 5.41 Å². The third-order valence-electron chi connectivity index (χ3n) is 4.32. The van der Waals surface area contributed by atoms with Crippen LogP contribution in [0.15, 0.2) is 18.2 Å². The summed E-state index contributed by atoms with van der Waals surface area (Å²) >= 11 is 2.78. The van der Waals surface area contributed by atoms with Crippen LogP contribution in [-0.2, 0) is 28.9 Å². The number of esters is 1. The highest BCUT2D eigenvalue weighted by molar-refractivity contribution is 7.14. The quantitative estimate of drug-likeness (QED) is 0.582. The number of carbonyl (C=O) groups excluding carboxylic acids is 3. The molecule has 2 aromatic rings. The van der Waals surface area contributed by atoms with Gasteiger partial charge in [0.05, 0.1) is 11.4 Å². The van der Waals surface area contributed by atoms with Crippen LogP contribution in [-0.4, -0.2) is 24.3 Å². The van der Waals surface area contributed by atoms with Crippen molar-refractivity contribution in [3.05, 3.63) is 43.3 Å². The maximum absolute atomic E-state index is 12.3. The molecule has 0 aliphatic heterocycles. The lowest BCUT2D eigenvalue weighted by Crippen LogP contribution is -2.34. The number of hydrogen-bond donors (Lipinski definition) is 1. The number of rotatable bonds is 6. The van der Waals surface area contributed by atoms with Gasteiger partial charge in [-0.15, -0.1) is 22.7 Å². The van der Waals surface area contributed by atoms with Crippen LogP contribution >= 0.6 is 22.7 Å². The van der Waals surface area contributed by atoms with Crippen molar-refractivity contribution < 1.29 is 19.1 Å². The third kappa shape index (κ3) is 4.84. The second-order valence-corrected chi connectivity index (χ2v) is 9.92. The van der Waals surface area contributed by atoms with Gasteiger partial charge in [0.25, 0.3) is 0 Å². The van der Waals surface area contributed by atoms with Gasteiger partial charge in [-0.25, -0.2) is 4.79 Å². The van der Waals surface area contributed by atoms with E-state index < -0.39 is 11.4 Å². The minimum Gasteiger partial charge on any atom is -0.453 e. The summed E-state index contributed by atoms with van der Waals surface area (Å²) in [5.41, 5.74) is 0.782. The number of ether oxygens (including phenoxy) is 1. The molecule has 0 saturated heterocycles. The van der Waals surface area contributed by atoms with Crippen LogP contribution in [0.25, 0.3) is 0 Å². The molecule has 5 nitrogen and oxygen atoms in total. The maximum atomic E-state index is 12.3. The summed E-state index contributed by atoms with van der Waals surface area (Å²) in [6, 6.07) is 5.41. The van der Waals surface area contributed by atoms with Crippen LogP contribution in [0.5, 0.6) is 0 Å². The largest absolute Gasteiger partial charge is 0.453 e. The first-order valence-electron chi connectivity index (χ1n) is 8.93. The van der Waals surface area contributed by atoms with Gasteiger partial charge in [-0.1, -0.05) is 20.8 Å². The minimum absolute atomic E-state index is 0.0412. The molecule has 0 spiro atoms. The first kappa shape index (κ1) is 19.8. The van der Waals surface area contributed by atoms with Gasteiger partial charge in [-0.05, 0) is 43.0 Å². The number of ketones is 1. The Bertz CT molecular complexity index is 851. The first-order chi connectivity index (χ1) is 12.7. The Labute approximate surface area is 166 Å². The molecule has 2 heterocycles. The average Bonchev–Trinajstić information content (AvgIpc) is 3.31. The summed E-state index contributed by atoms with van der Waals surface area (Å²) in [5, 5.41) is 2.86. The van der Waals surface area contributed by atoms with E-state index in [0.717, 1.165) is 24.1 Å². The number of nitrogens with one attached hydrogen (secondary N) is 1. The molecule has 0 atom stereocenters. The number of aryl methyl sites for hydroxylation is 2. The third-order valence-corrected chi connectivity index (χ3v) is 6.67. The average molecular weight is 406 g/mol. The SMILES string of the molecule is CC(C)(C)C(=O)NCc1ccc(C(=O)COC(=O)c2cc3c(s2)CCC3)s1. The molecule has 0 fully saturated rings. The number of carbonyl (C=O) groups is 3. The highest BCUT2D eigenvalue weighted by atomic mass is 32.1. The normalized spacial score (nSPS) is 13.3.